The molecule has 0 amide bonds. The van der Waals surface area contributed by atoms with Gasteiger partial charge in [-0.05, 0) is 32.6 Å². The number of rotatable bonds is 1. The maximum absolute atomic E-state index is 9.87. The molecule has 84 valence electrons. The number of hydrogen-bond acceptors (Lipinski definition) is 3. The standard InChI is InChI=1S/C12H20N2O/c1-12(15)5-7-14(8-6-12)11-4-2-3-10(11)9-13/h10-11,15H,2-8H2,1H3. The molecule has 2 atom stereocenters. The van der Waals surface area contributed by atoms with E-state index in [1.165, 1.54) is 12.8 Å². The Morgan fingerprint density at radius 2 is 2.00 bits per heavy atom. The number of aliphatic hydroxyl groups is 1. The molecule has 1 saturated carbocycles. The summed E-state index contributed by atoms with van der Waals surface area (Å²) in [5, 5.41) is 18.9. The van der Waals surface area contributed by atoms with Crippen LogP contribution in [0.15, 0.2) is 0 Å². The van der Waals surface area contributed by atoms with Gasteiger partial charge in [0.15, 0.2) is 0 Å². The second-order valence-corrected chi connectivity index (χ2v) is 5.27. The van der Waals surface area contributed by atoms with Crippen molar-refractivity contribution in [1.82, 2.24) is 4.90 Å². The zero-order valence-corrected chi connectivity index (χ0v) is 9.45. The van der Waals surface area contributed by atoms with Gasteiger partial charge in [0.2, 0.25) is 0 Å². The van der Waals surface area contributed by atoms with Crippen molar-refractivity contribution >= 4 is 0 Å². The molecule has 1 saturated heterocycles. The van der Waals surface area contributed by atoms with Crippen LogP contribution in [0.25, 0.3) is 0 Å². The van der Waals surface area contributed by atoms with Crippen LogP contribution in [0.3, 0.4) is 0 Å². The summed E-state index contributed by atoms with van der Waals surface area (Å²) >= 11 is 0. The third-order valence-electron chi connectivity index (χ3n) is 3.99. The molecule has 2 rings (SSSR count). The lowest BCUT2D eigenvalue weighted by molar-refractivity contribution is -0.0186. The van der Waals surface area contributed by atoms with Gasteiger partial charge >= 0.3 is 0 Å². The molecule has 1 aliphatic heterocycles. The summed E-state index contributed by atoms with van der Waals surface area (Å²) in [5.74, 6) is 0.230. The van der Waals surface area contributed by atoms with Crippen molar-refractivity contribution in [2.75, 3.05) is 13.1 Å². The van der Waals surface area contributed by atoms with Crippen LogP contribution in [0.2, 0.25) is 0 Å². The van der Waals surface area contributed by atoms with Crippen LogP contribution >= 0.6 is 0 Å². The van der Waals surface area contributed by atoms with Gasteiger partial charge in [-0.3, -0.25) is 4.90 Å². The highest BCUT2D eigenvalue weighted by atomic mass is 16.3. The molecular weight excluding hydrogens is 188 g/mol. The van der Waals surface area contributed by atoms with Crippen LogP contribution in [0.1, 0.15) is 39.0 Å². The first-order chi connectivity index (χ1) is 7.12. The summed E-state index contributed by atoms with van der Waals surface area (Å²) in [4.78, 5) is 2.42. The Morgan fingerprint density at radius 3 is 2.60 bits per heavy atom. The van der Waals surface area contributed by atoms with Crippen molar-refractivity contribution in [3.05, 3.63) is 0 Å². The Balaban J connectivity index is 1.93. The van der Waals surface area contributed by atoms with Crippen LogP contribution in [-0.2, 0) is 0 Å². The molecule has 1 aliphatic carbocycles. The van der Waals surface area contributed by atoms with Gasteiger partial charge in [-0.2, -0.15) is 5.26 Å². The first kappa shape index (κ1) is 10.9. The fraction of sp³-hybridized carbons (Fsp3) is 0.917. The Hall–Kier alpha value is -0.590. The van der Waals surface area contributed by atoms with E-state index in [4.69, 9.17) is 5.26 Å². The van der Waals surface area contributed by atoms with E-state index < -0.39 is 5.60 Å². The van der Waals surface area contributed by atoms with E-state index in [0.29, 0.717) is 6.04 Å². The average molecular weight is 208 g/mol. The monoisotopic (exact) mass is 208 g/mol. The van der Waals surface area contributed by atoms with Gasteiger partial charge in [0.25, 0.3) is 0 Å². The minimum absolute atomic E-state index is 0.230. The summed E-state index contributed by atoms with van der Waals surface area (Å²) in [6.07, 6.45) is 5.12. The summed E-state index contributed by atoms with van der Waals surface area (Å²) < 4.78 is 0. The molecule has 0 aromatic heterocycles. The smallest absolute Gasteiger partial charge is 0.0672 e. The van der Waals surface area contributed by atoms with Crippen molar-refractivity contribution in [3.8, 4) is 6.07 Å². The molecule has 2 fully saturated rings. The highest BCUT2D eigenvalue weighted by Gasteiger charge is 2.36. The van der Waals surface area contributed by atoms with Gasteiger partial charge in [-0.15, -0.1) is 0 Å². The van der Waals surface area contributed by atoms with E-state index in [1.807, 2.05) is 6.92 Å². The number of nitriles is 1. The molecule has 3 nitrogen and oxygen atoms in total. The lowest BCUT2D eigenvalue weighted by Gasteiger charge is -2.39. The molecule has 0 aromatic carbocycles. The summed E-state index contributed by atoms with van der Waals surface area (Å²) in [6, 6.07) is 2.89. The summed E-state index contributed by atoms with van der Waals surface area (Å²) in [6.45, 7) is 3.83. The van der Waals surface area contributed by atoms with Gasteiger partial charge in [0.1, 0.15) is 0 Å². The van der Waals surface area contributed by atoms with Gasteiger partial charge in [0, 0.05) is 19.1 Å². The van der Waals surface area contributed by atoms with E-state index in [0.717, 1.165) is 32.4 Å². The molecule has 0 radical (unpaired) electrons. The van der Waals surface area contributed by atoms with E-state index in [-0.39, 0.29) is 5.92 Å². The minimum atomic E-state index is -0.475. The first-order valence-corrected chi connectivity index (χ1v) is 5.98. The van der Waals surface area contributed by atoms with E-state index in [9.17, 15) is 5.11 Å². The summed E-state index contributed by atoms with van der Waals surface area (Å²) in [7, 11) is 0. The molecule has 1 N–H and O–H groups in total. The van der Waals surface area contributed by atoms with Gasteiger partial charge in [-0.1, -0.05) is 6.42 Å². The molecular formula is C12H20N2O. The van der Waals surface area contributed by atoms with Gasteiger partial charge in [-0.25, -0.2) is 0 Å². The van der Waals surface area contributed by atoms with Crippen LogP contribution in [-0.4, -0.2) is 34.7 Å². The topological polar surface area (TPSA) is 47.3 Å². The summed E-state index contributed by atoms with van der Waals surface area (Å²) in [5.41, 5.74) is -0.475. The molecule has 2 unspecified atom stereocenters. The molecule has 1 heterocycles. The van der Waals surface area contributed by atoms with Crippen LogP contribution in [0.5, 0.6) is 0 Å². The zero-order valence-electron chi connectivity index (χ0n) is 9.45. The van der Waals surface area contributed by atoms with Crippen LogP contribution < -0.4 is 0 Å². The number of piperidine rings is 1. The predicted molar refractivity (Wildman–Crippen MR) is 58.2 cm³/mol. The van der Waals surface area contributed by atoms with Crippen molar-refractivity contribution in [2.24, 2.45) is 5.92 Å². The van der Waals surface area contributed by atoms with E-state index in [1.54, 1.807) is 0 Å². The third-order valence-corrected chi connectivity index (χ3v) is 3.99. The second kappa shape index (κ2) is 4.11. The van der Waals surface area contributed by atoms with Crippen molar-refractivity contribution in [1.29, 1.82) is 5.26 Å². The van der Waals surface area contributed by atoms with Crippen LogP contribution in [0.4, 0.5) is 0 Å². The normalized spacial score (nSPS) is 36.3. The van der Waals surface area contributed by atoms with E-state index >= 15 is 0 Å². The Kier molecular flexibility index (Phi) is 2.99. The van der Waals surface area contributed by atoms with Gasteiger partial charge < -0.3 is 5.11 Å². The molecule has 15 heavy (non-hydrogen) atoms. The maximum atomic E-state index is 9.87. The SMILES string of the molecule is CC1(O)CCN(C2CCCC2C#N)CC1. The predicted octanol–water partition coefficient (Wildman–Crippen LogP) is 1.53. The van der Waals surface area contributed by atoms with Gasteiger partial charge in [0.05, 0.1) is 17.6 Å². The van der Waals surface area contributed by atoms with E-state index in [2.05, 4.69) is 11.0 Å². The lowest BCUT2D eigenvalue weighted by atomic mass is 9.91. The maximum Gasteiger partial charge on any atom is 0.0672 e. The fourth-order valence-electron chi connectivity index (χ4n) is 2.87. The van der Waals surface area contributed by atoms with Crippen molar-refractivity contribution in [3.63, 3.8) is 0 Å². The average Bonchev–Trinajstić information content (AvgIpc) is 2.65. The molecule has 3 heteroatoms. The highest BCUT2D eigenvalue weighted by molar-refractivity contribution is 4.99. The highest BCUT2D eigenvalue weighted by Crippen LogP contribution is 2.32. The number of nitrogens with zero attached hydrogens (tertiary/aromatic N) is 2. The Bertz CT molecular complexity index is 259. The lowest BCUT2D eigenvalue weighted by Crippen LogP contribution is -2.47. The minimum Gasteiger partial charge on any atom is -0.390 e. The first-order valence-electron chi connectivity index (χ1n) is 5.98. The van der Waals surface area contributed by atoms with Crippen molar-refractivity contribution < 1.29 is 5.11 Å². The quantitative estimate of drug-likeness (QED) is 0.711. The Labute approximate surface area is 91.7 Å². The Morgan fingerprint density at radius 1 is 1.33 bits per heavy atom. The fourth-order valence-corrected chi connectivity index (χ4v) is 2.87. The number of hydrogen-bond donors (Lipinski definition) is 1. The molecule has 0 spiro atoms. The molecule has 0 aromatic rings. The number of likely N-dealkylation sites (tertiary alicyclic amines) is 1. The third kappa shape index (κ3) is 2.32. The largest absolute Gasteiger partial charge is 0.390 e. The molecule has 0 bridgehead atoms. The van der Waals surface area contributed by atoms with Crippen LogP contribution in [0, 0.1) is 17.2 Å². The van der Waals surface area contributed by atoms with Crippen molar-refractivity contribution in [2.45, 2.75) is 50.7 Å². The second-order valence-electron chi connectivity index (χ2n) is 5.27. The zero-order chi connectivity index (χ0) is 10.9. The molecule has 2 aliphatic rings.